The molecular formula is C25H28F2N2O3. The lowest BCUT2D eigenvalue weighted by molar-refractivity contribution is -0.152. The number of carbonyl (C=O) groups excluding carboxylic acids is 1. The molecule has 2 heterocycles. The van der Waals surface area contributed by atoms with Crippen LogP contribution >= 0.6 is 0 Å². The molecule has 4 rings (SSSR count). The molecule has 2 fully saturated rings. The van der Waals surface area contributed by atoms with Crippen LogP contribution in [0.5, 0.6) is 0 Å². The van der Waals surface area contributed by atoms with Crippen LogP contribution in [0, 0.1) is 18.6 Å². The maximum atomic E-state index is 14.1. The molecule has 1 amide bonds. The van der Waals surface area contributed by atoms with Crippen molar-refractivity contribution < 1.29 is 23.0 Å². The van der Waals surface area contributed by atoms with Gasteiger partial charge in [0, 0.05) is 30.6 Å². The molecule has 0 bridgehead atoms. The summed E-state index contributed by atoms with van der Waals surface area (Å²) in [6.45, 7) is 10.1. The summed E-state index contributed by atoms with van der Waals surface area (Å²) in [5.41, 5.74) is 2.98. The fourth-order valence-electron chi connectivity index (χ4n) is 4.51. The molecule has 2 aromatic carbocycles. The molecule has 0 aromatic heterocycles. The van der Waals surface area contributed by atoms with E-state index in [2.05, 4.69) is 6.58 Å². The van der Waals surface area contributed by atoms with Gasteiger partial charge in [-0.1, -0.05) is 24.8 Å². The zero-order chi connectivity index (χ0) is 22.9. The van der Waals surface area contributed by atoms with Crippen LogP contribution in [0.2, 0.25) is 0 Å². The molecule has 2 aliphatic rings. The summed E-state index contributed by atoms with van der Waals surface area (Å²) in [6.07, 6.45) is 2.33. The van der Waals surface area contributed by atoms with Crippen molar-refractivity contribution in [3.8, 4) is 11.1 Å². The minimum atomic E-state index is -0.657. The van der Waals surface area contributed by atoms with E-state index in [1.165, 1.54) is 12.1 Å². The van der Waals surface area contributed by atoms with Gasteiger partial charge in [0.25, 0.3) is 0 Å². The number of likely N-dealkylation sites (tertiary alicyclic amines) is 1. The van der Waals surface area contributed by atoms with E-state index in [9.17, 15) is 13.6 Å². The van der Waals surface area contributed by atoms with Gasteiger partial charge in [-0.3, -0.25) is 4.79 Å². The topological polar surface area (TPSA) is 42.0 Å². The number of benzene rings is 2. The fraction of sp³-hybridized carbons (Fsp3) is 0.400. The fourth-order valence-corrected chi connectivity index (χ4v) is 4.51. The Hall–Kier alpha value is -2.77. The van der Waals surface area contributed by atoms with Crippen LogP contribution in [-0.4, -0.2) is 53.8 Å². The normalized spacial score (nSPS) is 19.5. The molecule has 170 valence electrons. The molecule has 1 unspecified atom stereocenters. The number of amides is 1. The second kappa shape index (κ2) is 9.00. The molecule has 2 saturated heterocycles. The summed E-state index contributed by atoms with van der Waals surface area (Å²) >= 11 is 0. The Kier molecular flexibility index (Phi) is 6.31. The third-order valence-electron chi connectivity index (χ3n) is 6.24. The maximum absolute atomic E-state index is 14.1. The van der Waals surface area contributed by atoms with Crippen LogP contribution in [0.3, 0.4) is 0 Å². The van der Waals surface area contributed by atoms with Crippen molar-refractivity contribution in [3.63, 3.8) is 0 Å². The molecule has 1 spiro atoms. The highest BCUT2D eigenvalue weighted by Gasteiger charge is 2.48. The molecule has 32 heavy (non-hydrogen) atoms. The molecule has 7 heteroatoms. The molecule has 2 aliphatic heterocycles. The van der Waals surface area contributed by atoms with Gasteiger partial charge in [0.05, 0.1) is 26.3 Å². The maximum Gasteiger partial charge on any atom is 0.242 e. The Morgan fingerprint density at radius 2 is 2.00 bits per heavy atom. The largest absolute Gasteiger partial charge is 0.364 e. The van der Waals surface area contributed by atoms with Gasteiger partial charge in [-0.05, 0) is 48.9 Å². The number of aryl methyl sites for hydroxylation is 1. The third-order valence-corrected chi connectivity index (χ3v) is 6.24. The first-order chi connectivity index (χ1) is 15.3. The van der Waals surface area contributed by atoms with Crippen molar-refractivity contribution in [1.82, 2.24) is 9.80 Å². The van der Waals surface area contributed by atoms with Gasteiger partial charge in [-0.2, -0.15) is 0 Å². The lowest BCUT2D eigenvalue weighted by atomic mass is 9.99. The van der Waals surface area contributed by atoms with Crippen LogP contribution in [0.1, 0.15) is 24.5 Å². The average Bonchev–Trinajstić information content (AvgIpc) is 3.34. The average molecular weight is 443 g/mol. The van der Waals surface area contributed by atoms with Gasteiger partial charge in [-0.25, -0.2) is 8.78 Å². The van der Waals surface area contributed by atoms with E-state index in [1.807, 2.05) is 41.8 Å². The van der Waals surface area contributed by atoms with Crippen LogP contribution in [0.4, 0.5) is 8.78 Å². The highest BCUT2D eigenvalue weighted by atomic mass is 19.1. The minimum absolute atomic E-state index is 0.00367. The van der Waals surface area contributed by atoms with Crippen molar-refractivity contribution >= 4 is 5.91 Å². The predicted octanol–water partition coefficient (Wildman–Crippen LogP) is 4.25. The first-order valence-corrected chi connectivity index (χ1v) is 10.8. The van der Waals surface area contributed by atoms with Crippen LogP contribution in [-0.2, 0) is 20.8 Å². The molecule has 1 atom stereocenters. The highest BCUT2D eigenvalue weighted by molar-refractivity contribution is 5.79. The van der Waals surface area contributed by atoms with E-state index >= 15 is 0 Å². The first-order valence-electron chi connectivity index (χ1n) is 10.8. The van der Waals surface area contributed by atoms with Crippen molar-refractivity contribution in [2.24, 2.45) is 0 Å². The molecule has 0 aliphatic carbocycles. The predicted molar refractivity (Wildman–Crippen MR) is 118 cm³/mol. The summed E-state index contributed by atoms with van der Waals surface area (Å²) in [4.78, 5) is 16.7. The Morgan fingerprint density at radius 1 is 1.25 bits per heavy atom. The van der Waals surface area contributed by atoms with Crippen LogP contribution < -0.4 is 0 Å². The van der Waals surface area contributed by atoms with Gasteiger partial charge in [-0.15, -0.1) is 0 Å². The first kappa shape index (κ1) is 22.4. The van der Waals surface area contributed by atoms with E-state index in [1.54, 1.807) is 6.20 Å². The molecular weight excluding hydrogens is 414 g/mol. The molecule has 5 nitrogen and oxygen atoms in total. The van der Waals surface area contributed by atoms with Crippen molar-refractivity contribution in [2.75, 3.05) is 26.3 Å². The smallest absolute Gasteiger partial charge is 0.242 e. The Balaban J connectivity index is 1.43. The zero-order valence-electron chi connectivity index (χ0n) is 18.4. The van der Waals surface area contributed by atoms with Crippen molar-refractivity contribution in [3.05, 3.63) is 71.9 Å². The van der Waals surface area contributed by atoms with E-state index < -0.39 is 17.4 Å². The van der Waals surface area contributed by atoms with E-state index in [0.717, 1.165) is 17.2 Å². The number of nitrogens with zero attached hydrogens (tertiary/aromatic N) is 2. The Labute approximate surface area is 187 Å². The standard InChI is InChI=1S/C25H28F2N2O3/c1-4-28(15-24(30)29-16-25(13-18(29)3)31-9-10-32-25)14-20-6-5-19(11-17(20)2)22-8-7-21(26)12-23(22)27/h4-8,11-12,18H,1,9-10,13-16H2,2-3H3. The number of halogens is 2. The second-order valence-corrected chi connectivity index (χ2v) is 8.54. The van der Waals surface area contributed by atoms with Gasteiger partial charge in [0.2, 0.25) is 5.91 Å². The van der Waals surface area contributed by atoms with E-state index in [-0.39, 0.29) is 18.5 Å². The summed E-state index contributed by atoms with van der Waals surface area (Å²) < 4.78 is 38.9. The van der Waals surface area contributed by atoms with Gasteiger partial charge >= 0.3 is 0 Å². The number of hydrogen-bond acceptors (Lipinski definition) is 4. The molecule has 2 aromatic rings. The Bertz CT molecular complexity index is 1020. The number of ether oxygens (including phenoxy) is 2. The molecule has 0 radical (unpaired) electrons. The number of hydrogen-bond donors (Lipinski definition) is 0. The second-order valence-electron chi connectivity index (χ2n) is 8.54. The van der Waals surface area contributed by atoms with Crippen molar-refractivity contribution in [1.29, 1.82) is 0 Å². The lowest BCUT2D eigenvalue weighted by Crippen LogP contribution is -2.42. The van der Waals surface area contributed by atoms with Crippen molar-refractivity contribution in [2.45, 2.75) is 38.6 Å². The Morgan fingerprint density at radius 3 is 2.66 bits per heavy atom. The monoisotopic (exact) mass is 442 g/mol. The summed E-state index contributed by atoms with van der Waals surface area (Å²) in [5, 5.41) is 0. The molecule has 0 saturated carbocycles. The van der Waals surface area contributed by atoms with Gasteiger partial charge in [0.1, 0.15) is 11.6 Å². The minimum Gasteiger partial charge on any atom is -0.364 e. The van der Waals surface area contributed by atoms with E-state index in [0.29, 0.717) is 43.9 Å². The van der Waals surface area contributed by atoms with Crippen LogP contribution in [0.25, 0.3) is 11.1 Å². The highest BCUT2D eigenvalue weighted by Crippen LogP contribution is 2.34. The van der Waals surface area contributed by atoms with Crippen LogP contribution in [0.15, 0.2) is 49.2 Å². The van der Waals surface area contributed by atoms with Gasteiger partial charge < -0.3 is 19.3 Å². The summed E-state index contributed by atoms with van der Waals surface area (Å²) in [5.74, 6) is -1.86. The lowest BCUT2D eigenvalue weighted by Gasteiger charge is -2.27. The quantitative estimate of drug-likeness (QED) is 0.671. The summed E-state index contributed by atoms with van der Waals surface area (Å²) in [7, 11) is 0. The SMILES string of the molecule is C=CN(CC(=O)N1CC2(CC1C)OCCO2)Cc1ccc(-c2ccc(F)cc2F)cc1C. The third kappa shape index (κ3) is 4.54. The van der Waals surface area contributed by atoms with E-state index in [4.69, 9.17) is 9.47 Å². The van der Waals surface area contributed by atoms with Gasteiger partial charge in [0.15, 0.2) is 5.79 Å². The zero-order valence-corrected chi connectivity index (χ0v) is 18.4. The number of carbonyl (C=O) groups is 1. The molecule has 0 N–H and O–H groups in total. The number of rotatable bonds is 6. The summed E-state index contributed by atoms with van der Waals surface area (Å²) in [6, 6.07) is 9.20.